The lowest BCUT2D eigenvalue weighted by Crippen LogP contribution is -2.30. The molecule has 0 aliphatic carbocycles. The minimum Gasteiger partial charge on any atom is -0.353 e. The van der Waals surface area contributed by atoms with Crippen LogP contribution in [0.15, 0.2) is 64.7 Å². The quantitative estimate of drug-likeness (QED) is 0.664. The largest absolute Gasteiger partial charge is 0.353 e. The lowest BCUT2D eigenvalue weighted by Gasteiger charge is -2.02. The second-order valence-corrected chi connectivity index (χ2v) is 4.52. The fourth-order valence-corrected chi connectivity index (χ4v) is 2.03. The molecular weight excluding hydrogens is 328 g/mol. The van der Waals surface area contributed by atoms with Gasteiger partial charge in [0.05, 0.1) is 12.8 Å². The Hall–Kier alpha value is -2.14. The molecule has 0 saturated carbocycles. The van der Waals surface area contributed by atoms with Gasteiger partial charge in [-0.1, -0.05) is 54.6 Å². The van der Waals surface area contributed by atoms with Crippen LogP contribution in [0.2, 0.25) is 0 Å². The molecule has 4 nitrogen and oxygen atoms in total. The molecule has 21 heavy (non-hydrogen) atoms. The van der Waals surface area contributed by atoms with E-state index >= 15 is 0 Å². The van der Waals surface area contributed by atoms with E-state index in [1.54, 1.807) is 6.21 Å². The average Bonchev–Trinajstić information content (AvgIpc) is 3.02. The molecule has 2 N–H and O–H groups in total. The number of aliphatic imine (C=N–C) groups is 1. The maximum Gasteiger partial charge on any atom is 0.212 e. The first-order valence-electron chi connectivity index (χ1n) is 6.65. The molecule has 1 heterocycles. The lowest BCUT2D eigenvalue weighted by molar-refractivity contribution is 0.920. The highest BCUT2D eigenvalue weighted by Gasteiger charge is 2.01. The first-order chi connectivity index (χ1) is 9.92. The van der Waals surface area contributed by atoms with Crippen LogP contribution in [0.25, 0.3) is 11.1 Å². The summed E-state index contributed by atoms with van der Waals surface area (Å²) in [6.45, 7) is 1.69. The van der Waals surface area contributed by atoms with Crippen molar-refractivity contribution in [3.63, 3.8) is 0 Å². The third-order valence-electron chi connectivity index (χ3n) is 3.08. The van der Waals surface area contributed by atoms with Crippen molar-refractivity contribution in [3.05, 3.63) is 60.2 Å². The van der Waals surface area contributed by atoms with Crippen molar-refractivity contribution in [1.29, 1.82) is 0 Å². The zero-order chi connectivity index (χ0) is 13.6. The Kier molecular flexibility index (Phi) is 5.51. The van der Waals surface area contributed by atoms with E-state index in [1.165, 1.54) is 11.1 Å². The van der Waals surface area contributed by atoms with Crippen molar-refractivity contribution in [2.24, 2.45) is 10.1 Å². The van der Waals surface area contributed by atoms with Gasteiger partial charge >= 0.3 is 0 Å². The smallest absolute Gasteiger partial charge is 0.212 e. The van der Waals surface area contributed by atoms with Crippen LogP contribution < -0.4 is 10.7 Å². The van der Waals surface area contributed by atoms with Gasteiger partial charge in [-0.3, -0.25) is 0 Å². The van der Waals surface area contributed by atoms with Crippen molar-refractivity contribution >= 4 is 29.2 Å². The maximum absolute atomic E-state index is 4.20. The lowest BCUT2D eigenvalue weighted by atomic mass is 10.0. The molecular formula is C16H17BrN4. The number of guanidine groups is 1. The van der Waals surface area contributed by atoms with E-state index in [0.29, 0.717) is 0 Å². The van der Waals surface area contributed by atoms with Crippen LogP contribution in [0, 0.1) is 0 Å². The summed E-state index contributed by atoms with van der Waals surface area (Å²) in [5, 5.41) is 7.26. The zero-order valence-corrected chi connectivity index (χ0v) is 13.2. The summed E-state index contributed by atoms with van der Waals surface area (Å²) < 4.78 is 0. The molecule has 2 aromatic rings. The summed E-state index contributed by atoms with van der Waals surface area (Å²) in [5.41, 5.74) is 6.36. The van der Waals surface area contributed by atoms with Crippen molar-refractivity contribution in [2.75, 3.05) is 13.1 Å². The van der Waals surface area contributed by atoms with Crippen molar-refractivity contribution < 1.29 is 0 Å². The van der Waals surface area contributed by atoms with Gasteiger partial charge in [-0.2, -0.15) is 5.10 Å². The molecule has 0 atom stereocenters. The second-order valence-electron chi connectivity index (χ2n) is 4.52. The van der Waals surface area contributed by atoms with Crippen LogP contribution in [-0.4, -0.2) is 25.3 Å². The minimum atomic E-state index is 0. The molecule has 0 aromatic heterocycles. The Labute approximate surface area is 134 Å². The van der Waals surface area contributed by atoms with E-state index in [0.717, 1.165) is 24.6 Å². The summed E-state index contributed by atoms with van der Waals surface area (Å²) in [6, 6.07) is 18.6. The van der Waals surface area contributed by atoms with Gasteiger partial charge in [0.15, 0.2) is 0 Å². The molecule has 3 rings (SSSR count). The van der Waals surface area contributed by atoms with Gasteiger partial charge in [-0.05, 0) is 16.7 Å². The number of hydrogen-bond donors (Lipinski definition) is 2. The van der Waals surface area contributed by atoms with Gasteiger partial charge in [-0.25, -0.2) is 10.4 Å². The van der Waals surface area contributed by atoms with E-state index in [4.69, 9.17) is 0 Å². The Balaban J connectivity index is 0.00000161. The Morgan fingerprint density at radius 1 is 1.00 bits per heavy atom. The average molecular weight is 345 g/mol. The van der Waals surface area contributed by atoms with Gasteiger partial charge in [0.1, 0.15) is 0 Å². The summed E-state index contributed by atoms with van der Waals surface area (Å²) in [7, 11) is 0. The number of hydrazone groups is 1. The summed E-state index contributed by atoms with van der Waals surface area (Å²) >= 11 is 0. The molecule has 0 unspecified atom stereocenters. The number of hydrogen-bond acceptors (Lipinski definition) is 4. The predicted octanol–water partition coefficient (Wildman–Crippen LogP) is 2.81. The molecule has 0 radical (unpaired) electrons. The van der Waals surface area contributed by atoms with Crippen LogP contribution >= 0.6 is 17.0 Å². The molecule has 5 heteroatoms. The van der Waals surface area contributed by atoms with E-state index in [1.807, 2.05) is 18.2 Å². The Morgan fingerprint density at radius 2 is 1.71 bits per heavy atom. The van der Waals surface area contributed by atoms with E-state index in [-0.39, 0.29) is 17.0 Å². The van der Waals surface area contributed by atoms with Crippen LogP contribution in [0.5, 0.6) is 0 Å². The summed E-state index contributed by atoms with van der Waals surface area (Å²) in [5.74, 6) is 0.738. The van der Waals surface area contributed by atoms with Gasteiger partial charge in [0.25, 0.3) is 0 Å². The SMILES string of the molecule is Br.C(=N\NC1=NCCN1)/c1ccc(-c2ccccc2)cc1. The maximum atomic E-state index is 4.20. The van der Waals surface area contributed by atoms with E-state index < -0.39 is 0 Å². The van der Waals surface area contributed by atoms with Gasteiger partial charge < -0.3 is 5.32 Å². The van der Waals surface area contributed by atoms with Crippen LogP contribution in [0.4, 0.5) is 0 Å². The summed E-state index contributed by atoms with van der Waals surface area (Å²) in [6.07, 6.45) is 1.79. The number of nitrogens with zero attached hydrogens (tertiary/aromatic N) is 2. The normalized spacial score (nSPS) is 13.4. The molecule has 0 fully saturated rings. The van der Waals surface area contributed by atoms with E-state index in [9.17, 15) is 0 Å². The molecule has 0 amide bonds. The molecule has 2 aromatic carbocycles. The second kappa shape index (κ2) is 7.59. The molecule has 0 saturated heterocycles. The highest BCUT2D eigenvalue weighted by Crippen LogP contribution is 2.18. The monoisotopic (exact) mass is 344 g/mol. The fourth-order valence-electron chi connectivity index (χ4n) is 2.03. The highest BCUT2D eigenvalue weighted by molar-refractivity contribution is 8.93. The first-order valence-corrected chi connectivity index (χ1v) is 6.65. The standard InChI is InChI=1S/C16H16N4.BrH/c1-2-4-14(5-3-1)15-8-6-13(7-9-15)12-19-20-16-17-10-11-18-16;/h1-9,12H,10-11H2,(H2,17,18,20);1H/b19-12+;. The molecule has 0 bridgehead atoms. The Bertz CT molecular complexity index is 620. The Morgan fingerprint density at radius 3 is 2.38 bits per heavy atom. The molecule has 1 aliphatic heterocycles. The van der Waals surface area contributed by atoms with Crippen LogP contribution in [0.3, 0.4) is 0 Å². The van der Waals surface area contributed by atoms with Crippen molar-refractivity contribution in [2.45, 2.75) is 0 Å². The van der Waals surface area contributed by atoms with Crippen molar-refractivity contribution in [3.8, 4) is 11.1 Å². The molecule has 0 spiro atoms. The summed E-state index contributed by atoms with van der Waals surface area (Å²) in [4.78, 5) is 4.20. The molecule has 108 valence electrons. The number of benzene rings is 2. The van der Waals surface area contributed by atoms with Gasteiger partial charge in [0.2, 0.25) is 5.96 Å². The third-order valence-corrected chi connectivity index (χ3v) is 3.08. The number of halogens is 1. The van der Waals surface area contributed by atoms with Crippen molar-refractivity contribution in [1.82, 2.24) is 10.7 Å². The van der Waals surface area contributed by atoms with Gasteiger partial charge in [-0.15, -0.1) is 17.0 Å². The predicted molar refractivity (Wildman–Crippen MR) is 93.2 cm³/mol. The topological polar surface area (TPSA) is 48.8 Å². The zero-order valence-electron chi connectivity index (χ0n) is 11.5. The number of rotatable bonds is 3. The van der Waals surface area contributed by atoms with E-state index in [2.05, 4.69) is 57.2 Å². The van der Waals surface area contributed by atoms with Crippen LogP contribution in [0.1, 0.15) is 5.56 Å². The minimum absolute atomic E-state index is 0. The molecule has 1 aliphatic rings. The van der Waals surface area contributed by atoms with Gasteiger partial charge in [0, 0.05) is 6.54 Å². The first kappa shape index (κ1) is 15.3. The fraction of sp³-hybridized carbons (Fsp3) is 0.125. The van der Waals surface area contributed by atoms with Crippen LogP contribution in [-0.2, 0) is 0 Å². The highest BCUT2D eigenvalue weighted by atomic mass is 79.9. The third kappa shape index (κ3) is 4.16. The number of nitrogens with one attached hydrogen (secondary N) is 2.